The van der Waals surface area contributed by atoms with Crippen LogP contribution in [0, 0.1) is 0 Å². The molecule has 0 bridgehead atoms. The van der Waals surface area contributed by atoms with E-state index in [4.69, 9.17) is 4.74 Å². The van der Waals surface area contributed by atoms with Crippen LogP contribution >= 0.6 is 0 Å². The number of H-pyrrole nitrogens is 1. The van der Waals surface area contributed by atoms with Crippen molar-refractivity contribution in [1.29, 1.82) is 0 Å². The highest BCUT2D eigenvalue weighted by atomic mass is 16.5. The number of hydrogen-bond acceptors (Lipinski definition) is 3. The van der Waals surface area contributed by atoms with Crippen LogP contribution in [-0.4, -0.2) is 22.5 Å². The number of nitrogens with zero attached hydrogens (tertiary/aromatic N) is 1. The minimum atomic E-state index is -0.315. The normalized spacial score (nSPS) is 16.0. The molecule has 2 aromatic rings. The number of imidazole rings is 1. The standard InChI is InChI=1S/C19H24N2O2/c1-2-23-19(22)17-16(14-10-6-3-4-7-11-14)20-18(21-17)15-12-8-5-9-13-15/h5,8-9,12-14H,2-4,6-7,10-11H2,1H3,(H,20,21). The first kappa shape index (κ1) is 15.8. The van der Waals surface area contributed by atoms with Crippen molar-refractivity contribution >= 4 is 5.97 Å². The second-order valence-corrected chi connectivity index (χ2v) is 6.12. The molecule has 0 radical (unpaired) electrons. The van der Waals surface area contributed by atoms with Gasteiger partial charge in [0.25, 0.3) is 0 Å². The highest BCUT2D eigenvalue weighted by molar-refractivity contribution is 5.89. The number of nitrogens with one attached hydrogen (secondary N) is 1. The van der Waals surface area contributed by atoms with Gasteiger partial charge in [0, 0.05) is 11.5 Å². The van der Waals surface area contributed by atoms with Gasteiger partial charge in [-0.2, -0.15) is 0 Å². The summed E-state index contributed by atoms with van der Waals surface area (Å²) < 4.78 is 5.22. The molecule has 0 spiro atoms. The Kier molecular flexibility index (Phi) is 5.11. The van der Waals surface area contributed by atoms with Gasteiger partial charge in [-0.3, -0.25) is 0 Å². The molecule has 1 aliphatic rings. The van der Waals surface area contributed by atoms with Crippen molar-refractivity contribution in [3.63, 3.8) is 0 Å². The fraction of sp³-hybridized carbons (Fsp3) is 0.474. The molecule has 4 heteroatoms. The van der Waals surface area contributed by atoms with Gasteiger partial charge in [-0.15, -0.1) is 0 Å². The number of aromatic nitrogens is 2. The summed E-state index contributed by atoms with van der Waals surface area (Å²) in [6.07, 6.45) is 7.22. The van der Waals surface area contributed by atoms with E-state index in [0.717, 1.165) is 29.9 Å². The summed E-state index contributed by atoms with van der Waals surface area (Å²) in [6.45, 7) is 2.20. The van der Waals surface area contributed by atoms with E-state index in [0.29, 0.717) is 18.2 Å². The van der Waals surface area contributed by atoms with Crippen molar-refractivity contribution in [3.05, 3.63) is 41.7 Å². The lowest BCUT2D eigenvalue weighted by Gasteiger charge is -2.13. The lowest BCUT2D eigenvalue weighted by molar-refractivity contribution is 0.0518. The monoisotopic (exact) mass is 312 g/mol. The molecule has 1 heterocycles. The minimum absolute atomic E-state index is 0.315. The van der Waals surface area contributed by atoms with Crippen molar-refractivity contribution in [1.82, 2.24) is 9.97 Å². The van der Waals surface area contributed by atoms with Gasteiger partial charge in [-0.25, -0.2) is 9.78 Å². The molecule has 0 saturated heterocycles. The number of benzene rings is 1. The molecule has 0 atom stereocenters. The number of esters is 1. The van der Waals surface area contributed by atoms with Crippen LogP contribution in [0.25, 0.3) is 11.4 Å². The zero-order valence-electron chi connectivity index (χ0n) is 13.7. The van der Waals surface area contributed by atoms with Gasteiger partial charge in [0.15, 0.2) is 5.69 Å². The van der Waals surface area contributed by atoms with E-state index >= 15 is 0 Å². The fourth-order valence-electron chi connectivity index (χ4n) is 3.34. The van der Waals surface area contributed by atoms with E-state index in [1.54, 1.807) is 0 Å². The van der Waals surface area contributed by atoms with Gasteiger partial charge in [-0.1, -0.05) is 56.0 Å². The molecule has 1 aromatic heterocycles. The van der Waals surface area contributed by atoms with Crippen molar-refractivity contribution < 1.29 is 9.53 Å². The first-order valence-corrected chi connectivity index (χ1v) is 8.62. The van der Waals surface area contributed by atoms with E-state index in [2.05, 4.69) is 9.97 Å². The van der Waals surface area contributed by atoms with Gasteiger partial charge < -0.3 is 9.72 Å². The average molecular weight is 312 g/mol. The average Bonchev–Trinajstić information content (AvgIpc) is 2.85. The molecule has 1 saturated carbocycles. The fourth-order valence-corrected chi connectivity index (χ4v) is 3.34. The summed E-state index contributed by atoms with van der Waals surface area (Å²) in [4.78, 5) is 20.3. The zero-order chi connectivity index (χ0) is 16.1. The maximum atomic E-state index is 12.3. The van der Waals surface area contributed by atoms with Gasteiger partial charge in [-0.05, 0) is 19.8 Å². The highest BCUT2D eigenvalue weighted by Gasteiger charge is 2.26. The minimum Gasteiger partial charge on any atom is -0.461 e. The molecule has 0 amide bonds. The molecule has 3 rings (SSSR count). The van der Waals surface area contributed by atoms with Crippen molar-refractivity contribution in [3.8, 4) is 11.4 Å². The molecule has 0 unspecified atom stereocenters. The molecule has 23 heavy (non-hydrogen) atoms. The Morgan fingerprint density at radius 3 is 2.52 bits per heavy atom. The third kappa shape index (κ3) is 3.63. The summed E-state index contributed by atoms with van der Waals surface area (Å²) >= 11 is 0. The van der Waals surface area contributed by atoms with Crippen molar-refractivity contribution in [2.75, 3.05) is 6.61 Å². The van der Waals surface area contributed by atoms with Crippen LogP contribution in [-0.2, 0) is 4.74 Å². The smallest absolute Gasteiger partial charge is 0.358 e. The number of aromatic amines is 1. The topological polar surface area (TPSA) is 55.0 Å². The van der Waals surface area contributed by atoms with E-state index in [9.17, 15) is 4.79 Å². The Morgan fingerprint density at radius 1 is 1.17 bits per heavy atom. The second kappa shape index (κ2) is 7.44. The number of hydrogen-bond donors (Lipinski definition) is 1. The SMILES string of the molecule is CCOC(=O)c1nc(-c2ccccc2)[nH]c1C1CCCCCC1. The van der Waals surface area contributed by atoms with Crippen molar-refractivity contribution in [2.45, 2.75) is 51.4 Å². The van der Waals surface area contributed by atoms with Crippen LogP contribution in [0.5, 0.6) is 0 Å². The van der Waals surface area contributed by atoms with Crippen LogP contribution < -0.4 is 0 Å². The summed E-state index contributed by atoms with van der Waals surface area (Å²) in [5.74, 6) is 0.819. The molecular formula is C19H24N2O2. The Bertz CT molecular complexity index is 641. The van der Waals surface area contributed by atoms with Gasteiger partial charge in [0.1, 0.15) is 5.82 Å². The zero-order valence-corrected chi connectivity index (χ0v) is 13.7. The molecule has 1 fully saturated rings. The molecule has 1 aliphatic carbocycles. The van der Waals surface area contributed by atoms with Crippen molar-refractivity contribution in [2.24, 2.45) is 0 Å². The number of rotatable bonds is 4. The number of carbonyl (C=O) groups is 1. The van der Waals surface area contributed by atoms with Crippen LogP contribution in [0.3, 0.4) is 0 Å². The van der Waals surface area contributed by atoms with E-state index in [1.807, 2.05) is 37.3 Å². The highest BCUT2D eigenvalue weighted by Crippen LogP contribution is 2.34. The van der Waals surface area contributed by atoms with Crippen LogP contribution in [0.1, 0.15) is 67.5 Å². The molecule has 1 N–H and O–H groups in total. The van der Waals surface area contributed by atoms with Gasteiger partial charge >= 0.3 is 5.97 Å². The molecule has 0 aliphatic heterocycles. The predicted molar refractivity (Wildman–Crippen MR) is 90.4 cm³/mol. The third-order valence-corrected chi connectivity index (χ3v) is 4.51. The lowest BCUT2D eigenvalue weighted by Crippen LogP contribution is -2.11. The first-order chi connectivity index (χ1) is 11.3. The summed E-state index contributed by atoms with van der Waals surface area (Å²) in [5.41, 5.74) is 2.43. The van der Waals surface area contributed by atoms with E-state index < -0.39 is 0 Å². The van der Waals surface area contributed by atoms with E-state index in [1.165, 1.54) is 25.7 Å². The molecule has 122 valence electrons. The largest absolute Gasteiger partial charge is 0.461 e. The predicted octanol–water partition coefficient (Wildman–Crippen LogP) is 4.69. The maximum Gasteiger partial charge on any atom is 0.358 e. The summed E-state index contributed by atoms with van der Waals surface area (Å²) in [7, 11) is 0. The Hall–Kier alpha value is -2.10. The number of carbonyl (C=O) groups excluding carboxylic acids is 1. The number of ether oxygens (including phenoxy) is 1. The molecule has 4 nitrogen and oxygen atoms in total. The summed E-state index contributed by atoms with van der Waals surface area (Å²) in [5, 5.41) is 0. The van der Waals surface area contributed by atoms with Crippen LogP contribution in [0.15, 0.2) is 30.3 Å². The molecule has 1 aromatic carbocycles. The first-order valence-electron chi connectivity index (χ1n) is 8.62. The van der Waals surface area contributed by atoms with E-state index in [-0.39, 0.29) is 5.97 Å². The molecular weight excluding hydrogens is 288 g/mol. The van der Waals surface area contributed by atoms with Crippen LogP contribution in [0.4, 0.5) is 0 Å². The summed E-state index contributed by atoms with van der Waals surface area (Å²) in [6, 6.07) is 9.95. The lowest BCUT2D eigenvalue weighted by atomic mass is 9.95. The maximum absolute atomic E-state index is 12.3. The quantitative estimate of drug-likeness (QED) is 0.658. The van der Waals surface area contributed by atoms with Gasteiger partial charge in [0.05, 0.1) is 12.3 Å². The van der Waals surface area contributed by atoms with Gasteiger partial charge in [0.2, 0.25) is 0 Å². The Labute approximate surface area is 137 Å². The second-order valence-electron chi connectivity index (χ2n) is 6.12. The Morgan fingerprint density at radius 2 is 1.87 bits per heavy atom. The third-order valence-electron chi connectivity index (χ3n) is 4.51. The van der Waals surface area contributed by atoms with Crippen LogP contribution in [0.2, 0.25) is 0 Å². The Balaban J connectivity index is 1.97.